The van der Waals surface area contributed by atoms with Crippen LogP contribution < -0.4 is 5.32 Å². The Bertz CT molecular complexity index is 767. The Balaban J connectivity index is 1.75. The van der Waals surface area contributed by atoms with E-state index in [1.54, 1.807) is 24.3 Å². The lowest BCUT2D eigenvalue weighted by Crippen LogP contribution is -2.22. The molecule has 3 aromatic rings. The summed E-state index contributed by atoms with van der Waals surface area (Å²) < 4.78 is 19.3. The fourth-order valence-corrected chi connectivity index (χ4v) is 2.19. The SMILES string of the molecule is O=C(NCc1ccco1)c1ccc(-c2ccccc2)c(F)c1. The summed E-state index contributed by atoms with van der Waals surface area (Å²) in [5.74, 6) is -0.110. The standard InChI is InChI=1S/C18H14FNO2/c19-17-11-14(18(21)20-12-15-7-4-10-22-15)8-9-16(17)13-5-2-1-3-6-13/h1-11H,12H2,(H,20,21). The highest BCUT2D eigenvalue weighted by Gasteiger charge is 2.11. The molecule has 0 bridgehead atoms. The van der Waals surface area contributed by atoms with Gasteiger partial charge in [0.2, 0.25) is 0 Å². The van der Waals surface area contributed by atoms with Crippen LogP contribution in [0.4, 0.5) is 4.39 Å². The quantitative estimate of drug-likeness (QED) is 0.790. The molecule has 3 nitrogen and oxygen atoms in total. The van der Waals surface area contributed by atoms with Gasteiger partial charge in [-0.1, -0.05) is 36.4 Å². The third-order valence-corrected chi connectivity index (χ3v) is 3.32. The molecule has 0 fully saturated rings. The van der Waals surface area contributed by atoms with E-state index in [1.807, 2.05) is 30.3 Å². The van der Waals surface area contributed by atoms with Crippen molar-refractivity contribution in [3.05, 3.63) is 84.1 Å². The fourth-order valence-electron chi connectivity index (χ4n) is 2.19. The molecule has 4 heteroatoms. The lowest BCUT2D eigenvalue weighted by atomic mass is 10.0. The van der Waals surface area contributed by atoms with Crippen LogP contribution in [0.1, 0.15) is 16.1 Å². The molecule has 3 rings (SSSR count). The Kier molecular flexibility index (Phi) is 4.01. The number of hydrogen-bond acceptors (Lipinski definition) is 2. The molecular formula is C18H14FNO2. The zero-order chi connectivity index (χ0) is 15.4. The molecule has 1 heterocycles. The van der Waals surface area contributed by atoms with Crippen molar-refractivity contribution >= 4 is 5.91 Å². The maximum Gasteiger partial charge on any atom is 0.251 e. The minimum Gasteiger partial charge on any atom is -0.467 e. The Morgan fingerprint density at radius 2 is 1.86 bits per heavy atom. The highest BCUT2D eigenvalue weighted by Crippen LogP contribution is 2.23. The van der Waals surface area contributed by atoms with Gasteiger partial charge in [0.05, 0.1) is 12.8 Å². The van der Waals surface area contributed by atoms with Crippen LogP contribution in [0, 0.1) is 5.82 Å². The number of nitrogens with one attached hydrogen (secondary N) is 1. The Labute approximate surface area is 127 Å². The first-order chi connectivity index (χ1) is 10.7. The molecule has 0 spiro atoms. The van der Waals surface area contributed by atoms with Gasteiger partial charge in [-0.3, -0.25) is 4.79 Å². The second kappa shape index (κ2) is 6.26. The number of furan rings is 1. The van der Waals surface area contributed by atoms with Gasteiger partial charge in [0, 0.05) is 11.1 Å². The minimum atomic E-state index is -0.420. The topological polar surface area (TPSA) is 42.2 Å². The average Bonchev–Trinajstić information content (AvgIpc) is 3.07. The van der Waals surface area contributed by atoms with E-state index in [9.17, 15) is 9.18 Å². The molecule has 0 radical (unpaired) electrons. The number of rotatable bonds is 4. The first-order valence-corrected chi connectivity index (χ1v) is 6.89. The van der Waals surface area contributed by atoms with E-state index in [-0.39, 0.29) is 18.0 Å². The van der Waals surface area contributed by atoms with Crippen molar-refractivity contribution in [1.82, 2.24) is 5.32 Å². The summed E-state index contributed by atoms with van der Waals surface area (Å²) in [6.07, 6.45) is 1.54. The van der Waals surface area contributed by atoms with Gasteiger partial charge in [0.15, 0.2) is 0 Å². The molecule has 0 aliphatic rings. The largest absolute Gasteiger partial charge is 0.467 e. The summed E-state index contributed by atoms with van der Waals surface area (Å²) in [7, 11) is 0. The van der Waals surface area contributed by atoms with E-state index in [1.165, 1.54) is 12.3 Å². The highest BCUT2D eigenvalue weighted by molar-refractivity contribution is 5.94. The molecule has 0 atom stereocenters. The maximum atomic E-state index is 14.2. The normalized spacial score (nSPS) is 10.4. The smallest absolute Gasteiger partial charge is 0.251 e. The molecule has 0 aliphatic heterocycles. The number of carbonyl (C=O) groups excluding carboxylic acids is 1. The summed E-state index contributed by atoms with van der Waals surface area (Å²) in [6, 6.07) is 17.2. The van der Waals surface area contributed by atoms with Crippen LogP contribution in [-0.4, -0.2) is 5.91 Å². The van der Waals surface area contributed by atoms with Crippen molar-refractivity contribution in [3.8, 4) is 11.1 Å². The van der Waals surface area contributed by atoms with E-state index in [0.717, 1.165) is 5.56 Å². The van der Waals surface area contributed by atoms with E-state index in [0.29, 0.717) is 11.3 Å². The maximum absolute atomic E-state index is 14.2. The third-order valence-electron chi connectivity index (χ3n) is 3.32. The van der Waals surface area contributed by atoms with Crippen molar-refractivity contribution in [1.29, 1.82) is 0 Å². The van der Waals surface area contributed by atoms with E-state index < -0.39 is 5.82 Å². The summed E-state index contributed by atoms with van der Waals surface area (Å²) in [4.78, 5) is 12.0. The van der Waals surface area contributed by atoms with Crippen molar-refractivity contribution in [2.45, 2.75) is 6.54 Å². The summed E-state index contributed by atoms with van der Waals surface area (Å²) in [6.45, 7) is 0.272. The number of amides is 1. The molecule has 0 saturated carbocycles. The second-order valence-electron chi connectivity index (χ2n) is 4.82. The number of benzene rings is 2. The van der Waals surface area contributed by atoms with Crippen molar-refractivity contribution < 1.29 is 13.6 Å². The molecule has 0 unspecified atom stereocenters. The third kappa shape index (κ3) is 3.06. The van der Waals surface area contributed by atoms with Crippen molar-refractivity contribution in [2.75, 3.05) is 0 Å². The summed E-state index contributed by atoms with van der Waals surface area (Å²) >= 11 is 0. The van der Waals surface area contributed by atoms with Gasteiger partial charge < -0.3 is 9.73 Å². The van der Waals surface area contributed by atoms with Gasteiger partial charge in [0.1, 0.15) is 11.6 Å². The van der Waals surface area contributed by atoms with Crippen LogP contribution in [0.25, 0.3) is 11.1 Å². The first-order valence-electron chi connectivity index (χ1n) is 6.89. The number of carbonyl (C=O) groups is 1. The second-order valence-corrected chi connectivity index (χ2v) is 4.82. The zero-order valence-electron chi connectivity index (χ0n) is 11.8. The number of hydrogen-bond donors (Lipinski definition) is 1. The van der Waals surface area contributed by atoms with E-state index in [4.69, 9.17) is 4.42 Å². The Morgan fingerprint density at radius 1 is 1.05 bits per heavy atom. The van der Waals surface area contributed by atoms with Gasteiger partial charge in [-0.05, 0) is 29.8 Å². The molecule has 0 saturated heterocycles. The average molecular weight is 295 g/mol. The molecule has 1 amide bonds. The molecule has 1 aromatic heterocycles. The summed E-state index contributed by atoms with van der Waals surface area (Å²) in [5.41, 5.74) is 1.54. The Morgan fingerprint density at radius 3 is 2.55 bits per heavy atom. The van der Waals surface area contributed by atoms with Crippen molar-refractivity contribution in [2.24, 2.45) is 0 Å². The van der Waals surface area contributed by atoms with Crippen LogP contribution in [0.2, 0.25) is 0 Å². The highest BCUT2D eigenvalue weighted by atomic mass is 19.1. The van der Waals surface area contributed by atoms with E-state index in [2.05, 4.69) is 5.32 Å². The minimum absolute atomic E-state index is 0.272. The van der Waals surface area contributed by atoms with Gasteiger partial charge in [-0.15, -0.1) is 0 Å². The monoisotopic (exact) mass is 295 g/mol. The summed E-state index contributed by atoms with van der Waals surface area (Å²) in [5, 5.41) is 2.69. The van der Waals surface area contributed by atoms with Gasteiger partial charge in [-0.2, -0.15) is 0 Å². The zero-order valence-corrected chi connectivity index (χ0v) is 11.8. The molecule has 0 aliphatic carbocycles. The molecular weight excluding hydrogens is 281 g/mol. The molecule has 1 N–H and O–H groups in total. The van der Waals surface area contributed by atoms with Crippen LogP contribution in [0.3, 0.4) is 0 Å². The van der Waals surface area contributed by atoms with Gasteiger partial charge in [-0.25, -0.2) is 4.39 Å². The predicted molar refractivity (Wildman–Crippen MR) is 81.7 cm³/mol. The predicted octanol–water partition coefficient (Wildman–Crippen LogP) is 4.02. The van der Waals surface area contributed by atoms with E-state index >= 15 is 0 Å². The van der Waals surface area contributed by atoms with Gasteiger partial charge in [0.25, 0.3) is 5.91 Å². The van der Waals surface area contributed by atoms with Crippen LogP contribution in [0.15, 0.2) is 71.3 Å². The van der Waals surface area contributed by atoms with Crippen LogP contribution >= 0.6 is 0 Å². The lowest BCUT2D eigenvalue weighted by Gasteiger charge is -2.07. The van der Waals surface area contributed by atoms with Gasteiger partial charge >= 0.3 is 0 Å². The lowest BCUT2D eigenvalue weighted by molar-refractivity contribution is 0.0947. The van der Waals surface area contributed by atoms with Crippen molar-refractivity contribution in [3.63, 3.8) is 0 Å². The van der Waals surface area contributed by atoms with Crippen LogP contribution in [-0.2, 0) is 6.54 Å². The first kappa shape index (κ1) is 14.1. The molecule has 2 aromatic carbocycles. The molecule has 110 valence electrons. The molecule has 22 heavy (non-hydrogen) atoms. The Hall–Kier alpha value is -2.88. The number of halogens is 1. The fraction of sp³-hybridized carbons (Fsp3) is 0.0556. The van der Waals surface area contributed by atoms with Crippen LogP contribution in [0.5, 0.6) is 0 Å².